The number of rotatable bonds is 3. The second-order valence-corrected chi connectivity index (χ2v) is 6.87. The molecule has 0 amide bonds. The van der Waals surface area contributed by atoms with Gasteiger partial charge in [-0.2, -0.15) is 4.98 Å². The highest BCUT2D eigenvalue weighted by Crippen LogP contribution is 2.37. The Labute approximate surface area is 138 Å². The average Bonchev–Trinajstić information content (AvgIpc) is 3.12. The van der Waals surface area contributed by atoms with E-state index in [0.29, 0.717) is 12.1 Å². The number of hydrogen-bond donors (Lipinski definition) is 1. The molecule has 2 heterocycles. The first-order valence-corrected chi connectivity index (χ1v) is 8.70. The molecule has 0 bridgehead atoms. The predicted octanol–water partition coefficient (Wildman–Crippen LogP) is 4.22. The van der Waals surface area contributed by atoms with E-state index in [1.807, 2.05) is 0 Å². The zero-order valence-corrected chi connectivity index (χ0v) is 13.9. The van der Waals surface area contributed by atoms with Crippen LogP contribution in [0.5, 0.6) is 0 Å². The van der Waals surface area contributed by atoms with Gasteiger partial charge in [-0.15, -0.1) is 0 Å². The van der Waals surface area contributed by atoms with Gasteiger partial charge in [-0.25, -0.2) is 4.98 Å². The molecule has 1 aromatic carbocycles. The second kappa shape index (κ2) is 5.84. The van der Waals surface area contributed by atoms with Gasteiger partial charge in [0, 0.05) is 29.5 Å². The van der Waals surface area contributed by atoms with Gasteiger partial charge in [0.05, 0.1) is 0 Å². The fourth-order valence-corrected chi connectivity index (χ4v) is 3.88. The van der Waals surface area contributed by atoms with Crippen molar-refractivity contribution < 1.29 is 0 Å². The molecule has 1 saturated carbocycles. The summed E-state index contributed by atoms with van der Waals surface area (Å²) in [6, 6.07) is 11.6. The molecule has 4 nitrogen and oxygen atoms in total. The summed E-state index contributed by atoms with van der Waals surface area (Å²) in [5.74, 6) is 1.79. The zero-order valence-electron chi connectivity index (χ0n) is 13.9. The van der Waals surface area contributed by atoms with Gasteiger partial charge in [-0.1, -0.05) is 31.0 Å². The van der Waals surface area contributed by atoms with Gasteiger partial charge >= 0.3 is 0 Å². The van der Waals surface area contributed by atoms with Crippen LogP contribution in [-0.4, -0.2) is 22.1 Å². The lowest BCUT2D eigenvalue weighted by Crippen LogP contribution is -2.26. The summed E-state index contributed by atoms with van der Waals surface area (Å²) < 4.78 is 0. The molecule has 23 heavy (non-hydrogen) atoms. The van der Waals surface area contributed by atoms with Crippen molar-refractivity contribution in [3.8, 4) is 0 Å². The monoisotopic (exact) mass is 308 g/mol. The van der Waals surface area contributed by atoms with Crippen molar-refractivity contribution in [3.05, 3.63) is 41.6 Å². The molecule has 1 fully saturated rings. The van der Waals surface area contributed by atoms with Crippen LogP contribution < -0.4 is 10.2 Å². The van der Waals surface area contributed by atoms with Gasteiger partial charge < -0.3 is 10.2 Å². The Kier molecular flexibility index (Phi) is 3.68. The van der Waals surface area contributed by atoms with E-state index in [-0.39, 0.29) is 0 Å². The number of hydrogen-bond acceptors (Lipinski definition) is 4. The van der Waals surface area contributed by atoms with E-state index in [0.717, 1.165) is 23.9 Å². The molecule has 0 radical (unpaired) electrons. The number of benzene rings is 1. The van der Waals surface area contributed by atoms with Crippen LogP contribution >= 0.6 is 0 Å². The van der Waals surface area contributed by atoms with Crippen LogP contribution in [0.4, 0.5) is 17.5 Å². The summed E-state index contributed by atoms with van der Waals surface area (Å²) in [6.45, 7) is 4.30. The summed E-state index contributed by atoms with van der Waals surface area (Å²) in [5.41, 5.74) is 3.65. The molecule has 4 heteroatoms. The first-order chi connectivity index (χ1) is 11.2. The third kappa shape index (κ3) is 2.78. The fraction of sp³-hybridized carbons (Fsp3) is 0.474. The standard InChI is InChI=1S/C19H24N4/c1-13-11-18(21-16-8-4-5-9-16)22-19(20-13)23-14(2)12-15-7-3-6-10-17(15)23/h3,6-7,10-11,14,16H,4-5,8-9,12H2,1-2H3,(H,20,21,22). The molecule has 0 saturated heterocycles. The van der Waals surface area contributed by atoms with Crippen molar-refractivity contribution in [2.24, 2.45) is 0 Å². The van der Waals surface area contributed by atoms with Gasteiger partial charge in [0.1, 0.15) is 5.82 Å². The summed E-state index contributed by atoms with van der Waals surface area (Å²) >= 11 is 0. The van der Waals surface area contributed by atoms with Crippen LogP contribution in [0.3, 0.4) is 0 Å². The lowest BCUT2D eigenvalue weighted by molar-refractivity contribution is 0.729. The van der Waals surface area contributed by atoms with Crippen LogP contribution in [0.25, 0.3) is 0 Å². The maximum atomic E-state index is 4.83. The summed E-state index contributed by atoms with van der Waals surface area (Å²) in [5, 5.41) is 3.61. The first kappa shape index (κ1) is 14.5. The third-order valence-electron chi connectivity index (χ3n) is 4.97. The van der Waals surface area contributed by atoms with Crippen LogP contribution in [-0.2, 0) is 6.42 Å². The number of fused-ring (bicyclic) bond motifs is 1. The minimum atomic E-state index is 0.397. The van der Waals surface area contributed by atoms with Crippen molar-refractivity contribution >= 4 is 17.5 Å². The van der Waals surface area contributed by atoms with Crippen LogP contribution in [0, 0.1) is 6.92 Å². The Morgan fingerprint density at radius 2 is 1.91 bits per heavy atom. The number of nitrogens with one attached hydrogen (secondary N) is 1. The van der Waals surface area contributed by atoms with E-state index in [4.69, 9.17) is 9.97 Å². The molecule has 1 aromatic heterocycles. The minimum Gasteiger partial charge on any atom is -0.367 e. The normalized spacial score (nSPS) is 20.8. The molecule has 1 unspecified atom stereocenters. The van der Waals surface area contributed by atoms with Crippen LogP contribution in [0.1, 0.15) is 43.9 Å². The average molecular weight is 308 g/mol. The highest BCUT2D eigenvalue weighted by Gasteiger charge is 2.29. The van der Waals surface area contributed by atoms with Crippen molar-refractivity contribution in [3.63, 3.8) is 0 Å². The van der Waals surface area contributed by atoms with Gasteiger partial charge in [-0.3, -0.25) is 0 Å². The molecule has 2 aromatic rings. The Morgan fingerprint density at radius 1 is 1.13 bits per heavy atom. The first-order valence-electron chi connectivity index (χ1n) is 8.70. The zero-order chi connectivity index (χ0) is 15.8. The SMILES string of the molecule is Cc1cc(NC2CCCC2)nc(N2c3ccccc3CC2C)n1. The lowest BCUT2D eigenvalue weighted by Gasteiger charge is -2.24. The lowest BCUT2D eigenvalue weighted by atomic mass is 10.1. The van der Waals surface area contributed by atoms with E-state index >= 15 is 0 Å². The van der Waals surface area contributed by atoms with Crippen LogP contribution in [0.2, 0.25) is 0 Å². The smallest absolute Gasteiger partial charge is 0.232 e. The van der Waals surface area contributed by atoms with E-state index in [1.54, 1.807) is 0 Å². The van der Waals surface area contributed by atoms with Crippen LogP contribution in [0.15, 0.2) is 30.3 Å². The topological polar surface area (TPSA) is 41.1 Å². The van der Waals surface area contributed by atoms with E-state index in [1.165, 1.54) is 36.9 Å². The van der Waals surface area contributed by atoms with E-state index in [9.17, 15) is 0 Å². The maximum Gasteiger partial charge on any atom is 0.232 e. The van der Waals surface area contributed by atoms with Gasteiger partial charge in [0.15, 0.2) is 0 Å². The van der Waals surface area contributed by atoms with E-state index < -0.39 is 0 Å². The number of aromatic nitrogens is 2. The quantitative estimate of drug-likeness (QED) is 0.921. The molecular weight excluding hydrogens is 284 g/mol. The minimum absolute atomic E-state index is 0.397. The fourth-order valence-electron chi connectivity index (χ4n) is 3.88. The molecule has 4 rings (SSSR count). The van der Waals surface area contributed by atoms with Gasteiger partial charge in [0.25, 0.3) is 0 Å². The second-order valence-electron chi connectivity index (χ2n) is 6.87. The summed E-state index contributed by atoms with van der Waals surface area (Å²) in [7, 11) is 0. The number of anilines is 3. The Hall–Kier alpha value is -2.10. The number of para-hydroxylation sites is 1. The van der Waals surface area contributed by atoms with Crippen molar-refractivity contribution in [1.29, 1.82) is 0 Å². The third-order valence-corrected chi connectivity index (χ3v) is 4.97. The van der Waals surface area contributed by atoms with Crippen molar-refractivity contribution in [1.82, 2.24) is 9.97 Å². The highest BCUT2D eigenvalue weighted by molar-refractivity contribution is 5.67. The molecule has 120 valence electrons. The predicted molar refractivity (Wildman–Crippen MR) is 94.4 cm³/mol. The largest absolute Gasteiger partial charge is 0.367 e. The molecule has 0 spiro atoms. The molecule has 1 atom stereocenters. The number of aryl methyl sites for hydroxylation is 1. The van der Waals surface area contributed by atoms with Gasteiger partial charge in [0.2, 0.25) is 5.95 Å². The van der Waals surface area contributed by atoms with Crippen molar-refractivity contribution in [2.75, 3.05) is 10.2 Å². The molecule has 1 aliphatic carbocycles. The van der Waals surface area contributed by atoms with Gasteiger partial charge in [-0.05, 0) is 44.7 Å². The number of nitrogens with zero attached hydrogens (tertiary/aromatic N) is 3. The summed E-state index contributed by atoms with van der Waals surface area (Å²) in [6.07, 6.45) is 6.21. The Balaban J connectivity index is 1.67. The Morgan fingerprint density at radius 3 is 2.74 bits per heavy atom. The summed E-state index contributed by atoms with van der Waals surface area (Å²) in [4.78, 5) is 11.8. The maximum absolute atomic E-state index is 4.83. The Bertz CT molecular complexity index is 706. The molecule has 1 aliphatic heterocycles. The molecular formula is C19H24N4. The van der Waals surface area contributed by atoms with Crippen molar-refractivity contribution in [2.45, 2.75) is 58.0 Å². The van der Waals surface area contributed by atoms with E-state index in [2.05, 4.69) is 54.4 Å². The molecule has 1 N–H and O–H groups in total. The molecule has 2 aliphatic rings. The highest BCUT2D eigenvalue weighted by atomic mass is 15.3.